The Morgan fingerprint density at radius 3 is 1.14 bits per heavy atom. The van der Waals surface area contributed by atoms with Gasteiger partial charge in [0.25, 0.3) is 0 Å². The highest BCUT2D eigenvalue weighted by Gasteiger charge is 2.22. The predicted octanol–water partition coefficient (Wildman–Crippen LogP) is 13.9. The second-order valence-corrected chi connectivity index (χ2v) is 17.8. The van der Waals surface area contributed by atoms with Crippen LogP contribution >= 0.6 is 0 Å². The minimum Gasteiger partial charge on any atom is -0.477 e. The summed E-state index contributed by atoms with van der Waals surface area (Å²) in [6.07, 6.45) is 12.6. The number of nitrogens with one attached hydrogen (secondary N) is 2. The fourth-order valence-corrected chi connectivity index (χ4v) is 9.61. The number of allylic oxidation sites excluding steroid dienone is 2. The minimum absolute atomic E-state index is 0.697. The van der Waals surface area contributed by atoms with Crippen LogP contribution in [0, 0.1) is 55.4 Å². The molecule has 66 heavy (non-hydrogen) atoms. The van der Waals surface area contributed by atoms with Gasteiger partial charge in [-0.3, -0.25) is 0 Å². The molecule has 0 aliphatic carbocycles. The highest BCUT2D eigenvalue weighted by atomic mass is 16.4. The van der Waals surface area contributed by atoms with Gasteiger partial charge in [0.1, 0.15) is 5.57 Å². The third-order valence-electron chi connectivity index (χ3n) is 11.9. The van der Waals surface area contributed by atoms with E-state index in [1.54, 1.807) is 6.08 Å². The molecule has 8 nitrogen and oxygen atoms in total. The van der Waals surface area contributed by atoms with Crippen LogP contribution in [0.25, 0.3) is 97.0 Å². The summed E-state index contributed by atoms with van der Waals surface area (Å²) in [5, 5.41) is 19.5. The lowest BCUT2D eigenvalue weighted by molar-refractivity contribution is -0.140. The molecule has 0 radical (unpaired) electrons. The van der Waals surface area contributed by atoms with Gasteiger partial charge in [-0.25, -0.2) is 19.6 Å². The maximum absolute atomic E-state index is 12.0. The van der Waals surface area contributed by atoms with E-state index in [4.69, 9.17) is 9.97 Å². The Morgan fingerprint density at radius 2 is 0.773 bits per heavy atom. The van der Waals surface area contributed by atoms with Gasteiger partial charge in [0.2, 0.25) is 0 Å². The molecule has 0 saturated carbocycles. The monoisotopic (exact) mass is 866 g/mol. The fourth-order valence-electron chi connectivity index (χ4n) is 9.61. The zero-order chi connectivity index (χ0) is 46.6. The zero-order valence-electron chi connectivity index (χ0n) is 38.3. The molecule has 4 N–H and O–H groups in total. The van der Waals surface area contributed by atoms with Gasteiger partial charge in [0, 0.05) is 44.4 Å². The Hall–Kier alpha value is -8.10. The largest absolute Gasteiger partial charge is 0.477 e. The van der Waals surface area contributed by atoms with Crippen LogP contribution in [0.3, 0.4) is 0 Å². The van der Waals surface area contributed by atoms with E-state index in [2.05, 4.69) is 175 Å². The van der Waals surface area contributed by atoms with Crippen molar-refractivity contribution in [1.82, 2.24) is 19.9 Å². The molecule has 3 aromatic heterocycles. The van der Waals surface area contributed by atoms with Crippen molar-refractivity contribution in [1.29, 1.82) is 0 Å². The van der Waals surface area contributed by atoms with Crippen molar-refractivity contribution in [3.8, 4) is 44.5 Å². The molecule has 4 aromatic carbocycles. The number of carbonyl (C=O) groups is 2. The first-order chi connectivity index (χ1) is 31.6. The van der Waals surface area contributed by atoms with E-state index in [0.29, 0.717) is 5.56 Å². The topological polar surface area (TPSA) is 132 Å². The lowest BCUT2D eigenvalue weighted by Gasteiger charge is -2.10. The van der Waals surface area contributed by atoms with Gasteiger partial charge in [0.15, 0.2) is 0 Å². The summed E-state index contributed by atoms with van der Waals surface area (Å²) in [6, 6.07) is 32.4. The molecule has 8 heteroatoms. The van der Waals surface area contributed by atoms with Crippen LogP contribution in [0.2, 0.25) is 0 Å². The summed E-state index contributed by atoms with van der Waals surface area (Å²) in [7, 11) is 0. The van der Waals surface area contributed by atoms with Crippen molar-refractivity contribution in [2.24, 2.45) is 0 Å². The molecule has 2 aliphatic heterocycles. The number of carboxylic acid groups (broad SMARTS) is 2. The number of aromatic nitrogens is 4. The van der Waals surface area contributed by atoms with Gasteiger partial charge < -0.3 is 20.2 Å². The molecule has 0 unspecified atom stereocenters. The fraction of sp³-hybridized carbons (Fsp3) is 0.138. The quantitative estimate of drug-likeness (QED) is 0.0520. The first kappa shape index (κ1) is 43.2. The lowest BCUT2D eigenvalue weighted by atomic mass is 9.97. The van der Waals surface area contributed by atoms with Crippen molar-refractivity contribution in [2.75, 3.05) is 0 Å². The molecule has 326 valence electrons. The molecule has 7 aromatic rings. The SMILES string of the molecule is Cc1cc(C)cc(-c2c3nc(c(-c4cc(C)cc(C)c4)c4cc(/C=C/C=C(C(=O)O)C(=O)O)c([nH]4)c(-c4cc(C)cc(C)c4)c4nc(c(-c5cc(C)cc(C)c5)c5ccc2[nH]5)C=C4)C=C3)c1. The summed E-state index contributed by atoms with van der Waals surface area (Å²) in [4.78, 5) is 42.7. The van der Waals surface area contributed by atoms with E-state index in [9.17, 15) is 19.8 Å². The average molecular weight is 867 g/mol. The van der Waals surface area contributed by atoms with Crippen LogP contribution in [0.5, 0.6) is 0 Å². The third kappa shape index (κ3) is 8.49. The van der Waals surface area contributed by atoms with E-state index < -0.39 is 17.5 Å². The number of H-pyrrole nitrogens is 2. The van der Waals surface area contributed by atoms with Crippen molar-refractivity contribution >= 4 is 64.4 Å². The maximum Gasteiger partial charge on any atom is 0.343 e. The number of fused-ring (bicyclic) bond motifs is 8. The van der Waals surface area contributed by atoms with Crippen molar-refractivity contribution < 1.29 is 19.8 Å². The zero-order valence-corrected chi connectivity index (χ0v) is 38.3. The van der Waals surface area contributed by atoms with Gasteiger partial charge in [-0.15, -0.1) is 0 Å². The Kier molecular flexibility index (Phi) is 11.2. The number of aromatic amines is 2. The number of nitrogens with zero attached hydrogens (tertiary/aromatic N) is 2. The maximum atomic E-state index is 12.0. The molecule has 0 amide bonds. The van der Waals surface area contributed by atoms with Crippen LogP contribution < -0.4 is 0 Å². The van der Waals surface area contributed by atoms with Crippen LogP contribution in [0.4, 0.5) is 0 Å². The summed E-state index contributed by atoms with van der Waals surface area (Å²) in [5.41, 5.74) is 22.7. The van der Waals surface area contributed by atoms with Gasteiger partial charge in [-0.05, 0) is 126 Å². The summed E-state index contributed by atoms with van der Waals surface area (Å²) in [6.45, 7) is 16.8. The second kappa shape index (κ2) is 17.1. The highest BCUT2D eigenvalue weighted by molar-refractivity contribution is 6.13. The molecule has 0 atom stereocenters. The third-order valence-corrected chi connectivity index (χ3v) is 11.9. The number of carboxylic acids is 2. The van der Waals surface area contributed by atoms with Crippen LogP contribution in [-0.4, -0.2) is 42.1 Å². The standard InChI is InChI=1S/C58H50N4O4/c1-31-18-32(2)23-40(22-31)52-45-12-13-46(59-45)53(41-24-33(3)19-34(4)25-41)48-16-17-50(61-48)55(43-28-37(7)21-38(8)29-43)56-39(10-9-11-44(57(63)64)58(65)66)30-51(62-56)54(49-15-14-47(52)60-49)42-26-35(5)20-36(6)27-42/h9-30,59,62H,1-8H3,(H,63,64)(H,65,66)/b10-9+,52-45?,52-47?,53-46?,53-48?,54-49?,54-51?,55-50?,56-55?. The molecule has 0 spiro atoms. The number of rotatable bonds is 8. The van der Waals surface area contributed by atoms with E-state index in [0.717, 1.165) is 140 Å². The van der Waals surface area contributed by atoms with Gasteiger partial charge in [0.05, 0.1) is 28.3 Å². The number of aryl methyl sites for hydroxylation is 8. The van der Waals surface area contributed by atoms with Gasteiger partial charge in [-0.1, -0.05) is 129 Å². The van der Waals surface area contributed by atoms with Crippen molar-refractivity contribution in [3.63, 3.8) is 0 Å². The van der Waals surface area contributed by atoms with E-state index in [1.165, 1.54) is 6.08 Å². The first-order valence-electron chi connectivity index (χ1n) is 22.0. The number of hydrogen-bond donors (Lipinski definition) is 4. The molecule has 9 rings (SSSR count). The normalized spacial score (nSPS) is 12.0. The number of hydrogen-bond acceptors (Lipinski definition) is 4. The van der Waals surface area contributed by atoms with Crippen LogP contribution in [-0.2, 0) is 9.59 Å². The van der Waals surface area contributed by atoms with E-state index in [1.807, 2.05) is 6.07 Å². The smallest absolute Gasteiger partial charge is 0.343 e. The second-order valence-electron chi connectivity index (χ2n) is 17.8. The van der Waals surface area contributed by atoms with Crippen molar-refractivity contribution in [2.45, 2.75) is 55.4 Å². The van der Waals surface area contributed by atoms with E-state index in [-0.39, 0.29) is 0 Å². The highest BCUT2D eigenvalue weighted by Crippen LogP contribution is 2.41. The van der Waals surface area contributed by atoms with Crippen LogP contribution in [0.1, 0.15) is 72.8 Å². The summed E-state index contributed by atoms with van der Waals surface area (Å²) < 4.78 is 0. The summed E-state index contributed by atoms with van der Waals surface area (Å²) >= 11 is 0. The predicted molar refractivity (Wildman–Crippen MR) is 271 cm³/mol. The number of benzene rings is 4. The number of aliphatic carboxylic acids is 2. The molecule has 8 bridgehead atoms. The Morgan fingerprint density at radius 1 is 0.439 bits per heavy atom. The lowest BCUT2D eigenvalue weighted by Crippen LogP contribution is -2.10. The Balaban J connectivity index is 1.54. The van der Waals surface area contributed by atoms with Gasteiger partial charge in [-0.2, -0.15) is 0 Å². The summed E-state index contributed by atoms with van der Waals surface area (Å²) in [5.74, 6) is -3.05. The van der Waals surface area contributed by atoms with Crippen molar-refractivity contribution in [3.05, 3.63) is 182 Å². The van der Waals surface area contributed by atoms with Crippen LogP contribution in [0.15, 0.2) is 109 Å². The molecule has 0 saturated heterocycles. The molecule has 0 fully saturated rings. The average Bonchev–Trinajstić information content (AvgIpc) is 4.05. The minimum atomic E-state index is -1.53. The molecular weight excluding hydrogens is 817 g/mol. The van der Waals surface area contributed by atoms with Gasteiger partial charge >= 0.3 is 11.9 Å². The molecule has 5 heterocycles. The Bertz CT molecular complexity index is 3420. The first-order valence-corrected chi connectivity index (χ1v) is 22.0. The molecular formula is C58H50N4O4. The van der Waals surface area contributed by atoms with E-state index >= 15 is 0 Å². The molecule has 2 aliphatic rings. The Labute approximate surface area is 384 Å².